The molecular formula is C17H20N2O. The van der Waals surface area contributed by atoms with E-state index in [1.807, 2.05) is 57.2 Å². The summed E-state index contributed by atoms with van der Waals surface area (Å²) in [6, 6.07) is 13.5. The van der Waals surface area contributed by atoms with E-state index in [1.54, 1.807) is 0 Å². The Labute approximate surface area is 120 Å². The van der Waals surface area contributed by atoms with Gasteiger partial charge in [-0.25, -0.2) is 0 Å². The summed E-state index contributed by atoms with van der Waals surface area (Å²) in [5, 5.41) is 6.14. The normalized spacial score (nSPS) is 10.2. The molecular weight excluding hydrogens is 248 g/mol. The molecule has 0 saturated carbocycles. The number of aryl methyl sites for hydroxylation is 2. The number of hydrogen-bond acceptors (Lipinski definition) is 2. The summed E-state index contributed by atoms with van der Waals surface area (Å²) in [7, 11) is 0. The quantitative estimate of drug-likeness (QED) is 0.880. The molecule has 0 heterocycles. The second-order valence-electron chi connectivity index (χ2n) is 4.94. The molecule has 1 amide bonds. The molecule has 2 aromatic rings. The van der Waals surface area contributed by atoms with Crippen molar-refractivity contribution >= 4 is 17.3 Å². The maximum absolute atomic E-state index is 12.2. The van der Waals surface area contributed by atoms with Gasteiger partial charge in [0, 0.05) is 23.5 Å². The van der Waals surface area contributed by atoms with Crippen molar-refractivity contribution in [1.29, 1.82) is 0 Å². The molecule has 0 aliphatic heterocycles. The lowest BCUT2D eigenvalue weighted by atomic mass is 10.1. The Morgan fingerprint density at radius 1 is 0.950 bits per heavy atom. The summed E-state index contributed by atoms with van der Waals surface area (Å²) in [6.07, 6.45) is 0. The summed E-state index contributed by atoms with van der Waals surface area (Å²) in [4.78, 5) is 12.2. The van der Waals surface area contributed by atoms with E-state index < -0.39 is 0 Å². The molecule has 3 heteroatoms. The molecule has 0 aliphatic rings. The van der Waals surface area contributed by atoms with Crippen LogP contribution in [0.2, 0.25) is 0 Å². The minimum Gasteiger partial charge on any atom is -0.385 e. The summed E-state index contributed by atoms with van der Waals surface area (Å²) < 4.78 is 0. The minimum atomic E-state index is -0.0851. The Balaban J connectivity index is 2.11. The Morgan fingerprint density at radius 2 is 1.55 bits per heavy atom. The van der Waals surface area contributed by atoms with Gasteiger partial charge in [-0.05, 0) is 68.3 Å². The predicted octanol–water partition coefficient (Wildman–Crippen LogP) is 3.99. The molecule has 2 rings (SSSR count). The van der Waals surface area contributed by atoms with E-state index in [9.17, 15) is 4.79 Å². The fourth-order valence-electron chi connectivity index (χ4n) is 2.19. The van der Waals surface area contributed by atoms with Crippen molar-refractivity contribution in [3.8, 4) is 0 Å². The lowest BCUT2D eigenvalue weighted by molar-refractivity contribution is 0.102. The number of nitrogens with one attached hydrogen (secondary N) is 2. The highest BCUT2D eigenvalue weighted by atomic mass is 16.1. The highest BCUT2D eigenvalue weighted by Crippen LogP contribution is 2.16. The second kappa shape index (κ2) is 6.24. The summed E-state index contributed by atoms with van der Waals surface area (Å²) in [5.41, 5.74) is 4.80. The van der Waals surface area contributed by atoms with Gasteiger partial charge in [0.15, 0.2) is 0 Å². The zero-order valence-electron chi connectivity index (χ0n) is 12.2. The lowest BCUT2D eigenvalue weighted by Crippen LogP contribution is -2.12. The van der Waals surface area contributed by atoms with E-state index >= 15 is 0 Å². The fourth-order valence-corrected chi connectivity index (χ4v) is 2.19. The van der Waals surface area contributed by atoms with Gasteiger partial charge >= 0.3 is 0 Å². The van der Waals surface area contributed by atoms with Crippen molar-refractivity contribution < 1.29 is 4.79 Å². The third-order valence-corrected chi connectivity index (χ3v) is 3.01. The van der Waals surface area contributed by atoms with Crippen molar-refractivity contribution in [3.05, 3.63) is 59.2 Å². The smallest absolute Gasteiger partial charge is 0.255 e. The van der Waals surface area contributed by atoms with Gasteiger partial charge in [-0.3, -0.25) is 4.79 Å². The third kappa shape index (κ3) is 3.60. The Kier molecular flexibility index (Phi) is 4.41. The first-order chi connectivity index (χ1) is 9.58. The van der Waals surface area contributed by atoms with Crippen LogP contribution in [0.25, 0.3) is 0 Å². The molecule has 0 atom stereocenters. The van der Waals surface area contributed by atoms with E-state index in [2.05, 4.69) is 16.7 Å². The number of carbonyl (C=O) groups excluding carboxylic acids is 1. The van der Waals surface area contributed by atoms with Crippen LogP contribution in [0.1, 0.15) is 28.4 Å². The molecule has 2 aromatic carbocycles. The predicted molar refractivity (Wildman–Crippen MR) is 84.5 cm³/mol. The van der Waals surface area contributed by atoms with Crippen LogP contribution in [0.3, 0.4) is 0 Å². The van der Waals surface area contributed by atoms with E-state index in [-0.39, 0.29) is 5.91 Å². The number of hydrogen-bond donors (Lipinski definition) is 2. The largest absolute Gasteiger partial charge is 0.385 e. The standard InChI is InChI=1S/C17H20N2O/c1-4-18-15-7-5-14(6-8-15)17(20)19-16-10-12(2)9-13(3)11-16/h5-11,18H,4H2,1-3H3,(H,19,20). The maximum Gasteiger partial charge on any atom is 0.255 e. The molecule has 0 unspecified atom stereocenters. The molecule has 0 bridgehead atoms. The molecule has 0 aromatic heterocycles. The molecule has 20 heavy (non-hydrogen) atoms. The monoisotopic (exact) mass is 268 g/mol. The first-order valence-electron chi connectivity index (χ1n) is 6.82. The van der Waals surface area contributed by atoms with Gasteiger partial charge < -0.3 is 10.6 Å². The van der Waals surface area contributed by atoms with E-state index in [1.165, 1.54) is 0 Å². The van der Waals surface area contributed by atoms with Crippen LogP contribution in [0.15, 0.2) is 42.5 Å². The number of amides is 1. The van der Waals surface area contributed by atoms with Gasteiger partial charge in [-0.1, -0.05) is 6.07 Å². The van der Waals surface area contributed by atoms with Gasteiger partial charge in [0.05, 0.1) is 0 Å². The van der Waals surface area contributed by atoms with Crippen LogP contribution in [-0.4, -0.2) is 12.5 Å². The first kappa shape index (κ1) is 14.1. The maximum atomic E-state index is 12.2. The van der Waals surface area contributed by atoms with E-state index in [0.717, 1.165) is 29.0 Å². The van der Waals surface area contributed by atoms with Crippen LogP contribution >= 0.6 is 0 Å². The zero-order chi connectivity index (χ0) is 14.5. The molecule has 0 saturated heterocycles. The average Bonchev–Trinajstić information content (AvgIpc) is 2.38. The lowest BCUT2D eigenvalue weighted by Gasteiger charge is -2.08. The molecule has 0 spiro atoms. The number of carbonyl (C=O) groups is 1. The zero-order valence-corrected chi connectivity index (χ0v) is 12.2. The Morgan fingerprint density at radius 3 is 2.10 bits per heavy atom. The SMILES string of the molecule is CCNc1ccc(C(=O)Nc2cc(C)cc(C)c2)cc1. The molecule has 0 radical (unpaired) electrons. The van der Waals surface area contributed by atoms with Crippen molar-refractivity contribution in [2.45, 2.75) is 20.8 Å². The average molecular weight is 268 g/mol. The van der Waals surface area contributed by atoms with Gasteiger partial charge in [-0.15, -0.1) is 0 Å². The van der Waals surface area contributed by atoms with E-state index in [4.69, 9.17) is 0 Å². The van der Waals surface area contributed by atoms with Gasteiger partial charge in [0.2, 0.25) is 0 Å². The molecule has 0 aliphatic carbocycles. The van der Waals surface area contributed by atoms with Crippen molar-refractivity contribution in [2.24, 2.45) is 0 Å². The van der Waals surface area contributed by atoms with Crippen molar-refractivity contribution in [2.75, 3.05) is 17.2 Å². The van der Waals surface area contributed by atoms with E-state index in [0.29, 0.717) is 5.56 Å². The van der Waals surface area contributed by atoms with Gasteiger partial charge in [-0.2, -0.15) is 0 Å². The van der Waals surface area contributed by atoms with Crippen LogP contribution in [0.4, 0.5) is 11.4 Å². The van der Waals surface area contributed by atoms with Crippen LogP contribution in [-0.2, 0) is 0 Å². The molecule has 0 fully saturated rings. The van der Waals surface area contributed by atoms with Crippen LogP contribution in [0, 0.1) is 13.8 Å². The van der Waals surface area contributed by atoms with Crippen molar-refractivity contribution in [1.82, 2.24) is 0 Å². The summed E-state index contributed by atoms with van der Waals surface area (Å²) in [6.45, 7) is 6.95. The Hall–Kier alpha value is -2.29. The minimum absolute atomic E-state index is 0.0851. The van der Waals surface area contributed by atoms with Crippen LogP contribution < -0.4 is 10.6 Å². The van der Waals surface area contributed by atoms with Crippen LogP contribution in [0.5, 0.6) is 0 Å². The van der Waals surface area contributed by atoms with Crippen molar-refractivity contribution in [3.63, 3.8) is 0 Å². The van der Waals surface area contributed by atoms with Gasteiger partial charge in [0.1, 0.15) is 0 Å². The highest BCUT2D eigenvalue weighted by Gasteiger charge is 2.06. The number of rotatable bonds is 4. The Bertz CT molecular complexity index is 583. The van der Waals surface area contributed by atoms with Gasteiger partial charge in [0.25, 0.3) is 5.91 Å². The number of anilines is 2. The molecule has 3 nitrogen and oxygen atoms in total. The first-order valence-corrected chi connectivity index (χ1v) is 6.82. The summed E-state index contributed by atoms with van der Waals surface area (Å²) in [5.74, 6) is -0.0851. The topological polar surface area (TPSA) is 41.1 Å². The highest BCUT2D eigenvalue weighted by molar-refractivity contribution is 6.04. The number of benzene rings is 2. The third-order valence-electron chi connectivity index (χ3n) is 3.01. The molecule has 104 valence electrons. The summed E-state index contributed by atoms with van der Waals surface area (Å²) >= 11 is 0. The second-order valence-corrected chi connectivity index (χ2v) is 4.94. The fraction of sp³-hybridized carbons (Fsp3) is 0.235. The molecule has 2 N–H and O–H groups in total.